The molecule has 1 saturated heterocycles. The van der Waals surface area contributed by atoms with Gasteiger partial charge in [-0.1, -0.05) is 29.8 Å². The Kier molecular flexibility index (Phi) is 5.64. The number of sulfonamides is 1. The van der Waals surface area contributed by atoms with Gasteiger partial charge in [0.1, 0.15) is 4.21 Å². The lowest BCUT2D eigenvalue weighted by Crippen LogP contribution is -2.48. The average molecular weight is 425 g/mol. The predicted octanol–water partition coefficient (Wildman–Crippen LogP) is 3.93. The highest BCUT2D eigenvalue weighted by molar-refractivity contribution is 7.91. The van der Waals surface area contributed by atoms with Crippen molar-refractivity contribution < 1.29 is 21.6 Å². The van der Waals surface area contributed by atoms with Gasteiger partial charge in [0, 0.05) is 32.7 Å². The van der Waals surface area contributed by atoms with Gasteiger partial charge >= 0.3 is 6.18 Å². The molecule has 0 spiro atoms. The van der Waals surface area contributed by atoms with Crippen LogP contribution >= 0.6 is 22.9 Å². The van der Waals surface area contributed by atoms with Crippen molar-refractivity contribution in [2.24, 2.45) is 0 Å². The van der Waals surface area contributed by atoms with E-state index in [1.165, 1.54) is 16.4 Å². The van der Waals surface area contributed by atoms with Crippen molar-refractivity contribution in [3.63, 3.8) is 0 Å². The molecule has 0 N–H and O–H groups in total. The van der Waals surface area contributed by atoms with Gasteiger partial charge in [0.2, 0.25) is 0 Å². The largest absolute Gasteiger partial charge is 0.416 e. The summed E-state index contributed by atoms with van der Waals surface area (Å²) in [6, 6.07) is 8.24. The quantitative estimate of drug-likeness (QED) is 0.746. The van der Waals surface area contributed by atoms with Gasteiger partial charge in [-0.05, 0) is 23.8 Å². The molecule has 1 aromatic heterocycles. The molecule has 142 valence electrons. The summed E-state index contributed by atoms with van der Waals surface area (Å²) in [6.45, 7) is 1.83. The van der Waals surface area contributed by atoms with E-state index in [0.717, 1.165) is 23.5 Å². The molecule has 3 rings (SSSR count). The van der Waals surface area contributed by atoms with E-state index in [4.69, 9.17) is 11.6 Å². The van der Waals surface area contributed by atoms with Gasteiger partial charge in [-0.25, -0.2) is 8.42 Å². The number of rotatable bonds is 4. The molecule has 0 aliphatic carbocycles. The zero-order valence-corrected chi connectivity index (χ0v) is 15.9. The summed E-state index contributed by atoms with van der Waals surface area (Å²) in [5.74, 6) is 0. The van der Waals surface area contributed by atoms with Gasteiger partial charge in [-0.15, -0.1) is 11.3 Å². The molecule has 0 radical (unpaired) electrons. The Hall–Kier alpha value is -1.13. The third-order valence-electron chi connectivity index (χ3n) is 4.13. The molecule has 26 heavy (non-hydrogen) atoms. The monoisotopic (exact) mass is 424 g/mol. The van der Waals surface area contributed by atoms with Crippen LogP contribution in [0.2, 0.25) is 4.34 Å². The fourth-order valence-corrected chi connectivity index (χ4v) is 5.86. The van der Waals surface area contributed by atoms with Crippen molar-refractivity contribution in [2.75, 3.05) is 26.2 Å². The van der Waals surface area contributed by atoms with Crippen molar-refractivity contribution >= 4 is 33.0 Å². The van der Waals surface area contributed by atoms with Crippen molar-refractivity contribution in [3.05, 3.63) is 51.9 Å². The summed E-state index contributed by atoms with van der Waals surface area (Å²) in [4.78, 5) is 1.95. The highest BCUT2D eigenvalue weighted by Gasteiger charge is 2.31. The Bertz CT molecular complexity index is 876. The van der Waals surface area contributed by atoms with Crippen LogP contribution in [0.1, 0.15) is 11.1 Å². The Morgan fingerprint density at radius 3 is 2.35 bits per heavy atom. The number of thiophene rings is 1. The lowest BCUT2D eigenvalue weighted by Gasteiger charge is -2.33. The van der Waals surface area contributed by atoms with E-state index in [9.17, 15) is 21.6 Å². The third-order valence-corrected chi connectivity index (χ3v) is 7.73. The predicted molar refractivity (Wildman–Crippen MR) is 94.8 cm³/mol. The lowest BCUT2D eigenvalue weighted by atomic mass is 10.1. The minimum atomic E-state index is -4.37. The van der Waals surface area contributed by atoms with Crippen LogP contribution in [-0.2, 0) is 22.7 Å². The van der Waals surface area contributed by atoms with Crippen LogP contribution < -0.4 is 0 Å². The van der Waals surface area contributed by atoms with E-state index < -0.39 is 21.8 Å². The number of halogens is 4. The van der Waals surface area contributed by atoms with Crippen LogP contribution in [0.5, 0.6) is 0 Å². The molecule has 1 aromatic carbocycles. The Balaban J connectivity index is 1.62. The molecule has 1 aliphatic heterocycles. The number of hydrogen-bond acceptors (Lipinski definition) is 4. The highest BCUT2D eigenvalue weighted by atomic mass is 35.5. The van der Waals surface area contributed by atoms with E-state index >= 15 is 0 Å². The molecule has 0 unspecified atom stereocenters. The van der Waals surface area contributed by atoms with E-state index in [1.54, 1.807) is 12.1 Å². The SMILES string of the molecule is O=S(=O)(c1ccc(Cl)s1)N1CCN(Cc2cccc(C(F)(F)F)c2)CC1. The molecule has 2 heterocycles. The first-order valence-electron chi connectivity index (χ1n) is 7.80. The summed E-state index contributed by atoms with van der Waals surface area (Å²) in [7, 11) is -3.57. The number of nitrogens with zero attached hydrogens (tertiary/aromatic N) is 2. The summed E-state index contributed by atoms with van der Waals surface area (Å²) >= 11 is 6.82. The molecule has 10 heteroatoms. The van der Waals surface area contributed by atoms with Crippen molar-refractivity contribution in [3.8, 4) is 0 Å². The van der Waals surface area contributed by atoms with E-state index in [0.29, 0.717) is 29.5 Å². The van der Waals surface area contributed by atoms with Crippen molar-refractivity contribution in [2.45, 2.75) is 16.9 Å². The number of alkyl halides is 3. The molecule has 4 nitrogen and oxygen atoms in total. The van der Waals surface area contributed by atoms with Crippen LogP contribution in [-0.4, -0.2) is 43.8 Å². The molecule has 1 aliphatic rings. The van der Waals surface area contributed by atoms with Crippen molar-refractivity contribution in [1.82, 2.24) is 9.21 Å². The Morgan fingerprint density at radius 1 is 1.08 bits per heavy atom. The van der Waals surface area contributed by atoms with Gasteiger partial charge in [-0.2, -0.15) is 17.5 Å². The van der Waals surface area contributed by atoms with Gasteiger partial charge < -0.3 is 0 Å². The van der Waals surface area contributed by atoms with Crippen LogP contribution in [0.25, 0.3) is 0 Å². The number of hydrogen-bond donors (Lipinski definition) is 0. The zero-order chi connectivity index (χ0) is 18.9. The summed E-state index contributed by atoms with van der Waals surface area (Å²) in [6.07, 6.45) is -4.37. The molecule has 2 aromatic rings. The summed E-state index contributed by atoms with van der Waals surface area (Å²) in [5.41, 5.74) is -0.119. The molecule has 0 bridgehead atoms. The molecular weight excluding hydrogens is 409 g/mol. The fraction of sp³-hybridized carbons (Fsp3) is 0.375. The second-order valence-electron chi connectivity index (χ2n) is 5.94. The van der Waals surface area contributed by atoms with Gasteiger partial charge in [0.05, 0.1) is 9.90 Å². The number of piperazine rings is 1. The molecule has 0 saturated carbocycles. The van der Waals surface area contributed by atoms with Gasteiger partial charge in [0.25, 0.3) is 10.0 Å². The third kappa shape index (κ3) is 4.40. The van der Waals surface area contributed by atoms with Crippen LogP contribution in [0, 0.1) is 0 Å². The van der Waals surface area contributed by atoms with E-state index in [2.05, 4.69) is 0 Å². The first-order valence-corrected chi connectivity index (χ1v) is 10.4. The number of benzene rings is 1. The normalized spacial score (nSPS) is 17.5. The minimum absolute atomic E-state index is 0.203. The van der Waals surface area contributed by atoms with Gasteiger partial charge in [-0.3, -0.25) is 4.90 Å². The molecule has 1 fully saturated rings. The first kappa shape index (κ1) is 19.6. The second kappa shape index (κ2) is 7.47. The first-order chi connectivity index (χ1) is 12.2. The van der Waals surface area contributed by atoms with Gasteiger partial charge in [0.15, 0.2) is 0 Å². The maximum Gasteiger partial charge on any atom is 0.416 e. The highest BCUT2D eigenvalue weighted by Crippen LogP contribution is 2.30. The molecular formula is C16H16ClF3N2O2S2. The van der Waals surface area contributed by atoms with E-state index in [1.807, 2.05) is 4.90 Å². The minimum Gasteiger partial charge on any atom is -0.296 e. The maximum absolute atomic E-state index is 12.8. The molecule has 0 amide bonds. The average Bonchev–Trinajstić information content (AvgIpc) is 3.02. The van der Waals surface area contributed by atoms with E-state index in [-0.39, 0.29) is 17.3 Å². The smallest absolute Gasteiger partial charge is 0.296 e. The second-order valence-corrected chi connectivity index (χ2v) is 9.82. The molecule has 0 atom stereocenters. The van der Waals surface area contributed by atoms with Crippen LogP contribution in [0.4, 0.5) is 13.2 Å². The zero-order valence-electron chi connectivity index (χ0n) is 13.5. The lowest BCUT2D eigenvalue weighted by molar-refractivity contribution is -0.137. The van der Waals surface area contributed by atoms with Crippen LogP contribution in [0.15, 0.2) is 40.6 Å². The Labute approximate surface area is 158 Å². The standard InChI is InChI=1S/C16H16ClF3N2O2S2/c17-14-4-5-15(25-14)26(23,24)22-8-6-21(7-9-22)11-12-2-1-3-13(10-12)16(18,19)20/h1-5,10H,6-9,11H2. The fourth-order valence-electron chi connectivity index (χ4n) is 2.80. The maximum atomic E-state index is 12.8. The Morgan fingerprint density at radius 2 is 1.77 bits per heavy atom. The van der Waals surface area contributed by atoms with Crippen LogP contribution in [0.3, 0.4) is 0 Å². The van der Waals surface area contributed by atoms with Crippen molar-refractivity contribution in [1.29, 1.82) is 0 Å². The summed E-state index contributed by atoms with van der Waals surface area (Å²) < 4.78 is 65.5. The topological polar surface area (TPSA) is 40.6 Å². The summed E-state index contributed by atoms with van der Waals surface area (Å²) in [5, 5.41) is 0.